The van der Waals surface area contributed by atoms with Gasteiger partial charge in [0.25, 0.3) is 0 Å². The van der Waals surface area contributed by atoms with Gasteiger partial charge in [-0.15, -0.1) is 0 Å². The molecule has 7 nitrogen and oxygen atoms in total. The molecule has 2 heterocycles. The summed E-state index contributed by atoms with van der Waals surface area (Å²) in [5.41, 5.74) is 1.17. The van der Waals surface area contributed by atoms with Gasteiger partial charge in [0.1, 0.15) is 11.6 Å². The number of nitrogens with one attached hydrogen (secondary N) is 1. The van der Waals surface area contributed by atoms with E-state index in [1.807, 2.05) is 13.1 Å². The second-order valence-corrected chi connectivity index (χ2v) is 8.31. The van der Waals surface area contributed by atoms with Crippen molar-refractivity contribution in [3.8, 4) is 5.75 Å². The lowest BCUT2D eigenvalue weighted by Gasteiger charge is -2.36. The number of hydrogen-bond acceptors (Lipinski definition) is 6. The number of para-hydroxylation sites is 1. The zero-order valence-electron chi connectivity index (χ0n) is 17.3. The van der Waals surface area contributed by atoms with Gasteiger partial charge in [0.2, 0.25) is 5.13 Å². The molecule has 2 fully saturated rings. The van der Waals surface area contributed by atoms with Gasteiger partial charge in [-0.3, -0.25) is 4.99 Å². The van der Waals surface area contributed by atoms with Crippen LogP contribution < -0.4 is 15.0 Å². The van der Waals surface area contributed by atoms with E-state index >= 15 is 0 Å². The third kappa shape index (κ3) is 5.18. The standard InChI is InChI=1S/C21H30N6OS/c1-3-19-24-21(29-25-19)27-12-10-26(11-13-27)20(22-2)23-14-17-6-4-5-7-18(17)28-15-16-8-9-16/h4-7,16H,3,8-15H2,1-2H3,(H,22,23). The van der Waals surface area contributed by atoms with Crippen molar-refractivity contribution in [2.24, 2.45) is 10.9 Å². The molecule has 1 aromatic heterocycles. The Morgan fingerprint density at radius 1 is 1.24 bits per heavy atom. The third-order valence-electron chi connectivity index (χ3n) is 5.42. The first-order valence-electron chi connectivity index (χ1n) is 10.5. The number of aryl methyl sites for hydroxylation is 1. The highest BCUT2D eigenvalue weighted by Crippen LogP contribution is 2.30. The minimum Gasteiger partial charge on any atom is -0.493 e. The molecule has 0 bridgehead atoms. The van der Waals surface area contributed by atoms with Gasteiger partial charge >= 0.3 is 0 Å². The summed E-state index contributed by atoms with van der Waals surface area (Å²) in [7, 11) is 1.85. The molecule has 156 valence electrons. The molecule has 0 spiro atoms. The molecule has 0 amide bonds. The van der Waals surface area contributed by atoms with Gasteiger partial charge in [-0.25, -0.2) is 4.98 Å². The normalized spacial score (nSPS) is 17.5. The summed E-state index contributed by atoms with van der Waals surface area (Å²) in [6.07, 6.45) is 3.49. The quantitative estimate of drug-likeness (QED) is 0.555. The maximum Gasteiger partial charge on any atom is 0.205 e. The maximum absolute atomic E-state index is 6.03. The van der Waals surface area contributed by atoms with E-state index in [2.05, 4.69) is 54.6 Å². The average molecular weight is 415 g/mol. The van der Waals surface area contributed by atoms with Crippen LogP contribution >= 0.6 is 11.5 Å². The Balaban J connectivity index is 1.30. The molecule has 29 heavy (non-hydrogen) atoms. The molecule has 1 aliphatic carbocycles. The van der Waals surface area contributed by atoms with Crippen molar-refractivity contribution in [2.75, 3.05) is 44.7 Å². The van der Waals surface area contributed by atoms with E-state index in [1.165, 1.54) is 29.9 Å². The highest BCUT2D eigenvalue weighted by atomic mass is 32.1. The first kappa shape index (κ1) is 19.9. The lowest BCUT2D eigenvalue weighted by Crippen LogP contribution is -2.52. The van der Waals surface area contributed by atoms with Crippen molar-refractivity contribution in [1.82, 2.24) is 19.6 Å². The van der Waals surface area contributed by atoms with Gasteiger partial charge in [-0.05, 0) is 24.8 Å². The van der Waals surface area contributed by atoms with E-state index in [1.54, 1.807) is 0 Å². The van der Waals surface area contributed by atoms with Crippen LogP contribution in [0.5, 0.6) is 5.75 Å². The molecule has 0 atom stereocenters. The second kappa shape index (κ2) is 9.43. The Bertz CT molecular complexity index is 826. The van der Waals surface area contributed by atoms with E-state index in [0.29, 0.717) is 6.54 Å². The van der Waals surface area contributed by atoms with Gasteiger partial charge in [0.05, 0.1) is 6.61 Å². The molecule has 2 aromatic rings. The summed E-state index contributed by atoms with van der Waals surface area (Å²) in [6.45, 7) is 7.33. The Morgan fingerprint density at radius 3 is 2.72 bits per heavy atom. The molecule has 8 heteroatoms. The predicted octanol–water partition coefficient (Wildman–Crippen LogP) is 2.79. The Labute approximate surface area is 177 Å². The van der Waals surface area contributed by atoms with E-state index in [-0.39, 0.29) is 0 Å². The molecule has 1 aliphatic heterocycles. The van der Waals surface area contributed by atoms with Crippen LogP contribution in [0.2, 0.25) is 0 Å². The summed E-state index contributed by atoms with van der Waals surface area (Å²) < 4.78 is 10.4. The minimum atomic E-state index is 0.712. The van der Waals surface area contributed by atoms with Crippen molar-refractivity contribution in [3.63, 3.8) is 0 Å². The molecule has 2 aliphatic rings. The fourth-order valence-electron chi connectivity index (χ4n) is 3.42. The molecule has 1 N–H and O–H groups in total. The minimum absolute atomic E-state index is 0.712. The summed E-state index contributed by atoms with van der Waals surface area (Å²) in [5.74, 6) is 3.61. The van der Waals surface area contributed by atoms with Gasteiger partial charge in [-0.1, -0.05) is 25.1 Å². The number of nitrogens with zero attached hydrogens (tertiary/aromatic N) is 5. The van der Waals surface area contributed by atoms with Gasteiger partial charge in [-0.2, -0.15) is 4.37 Å². The van der Waals surface area contributed by atoms with Crippen LogP contribution in [-0.2, 0) is 13.0 Å². The Hall–Kier alpha value is -2.35. The number of piperazine rings is 1. The number of hydrogen-bond donors (Lipinski definition) is 1. The predicted molar refractivity (Wildman–Crippen MR) is 118 cm³/mol. The molecule has 1 saturated heterocycles. The van der Waals surface area contributed by atoms with Crippen molar-refractivity contribution in [2.45, 2.75) is 32.7 Å². The largest absolute Gasteiger partial charge is 0.493 e. The highest BCUT2D eigenvalue weighted by Gasteiger charge is 2.23. The van der Waals surface area contributed by atoms with Crippen LogP contribution in [0.3, 0.4) is 0 Å². The van der Waals surface area contributed by atoms with Crippen LogP contribution in [-0.4, -0.2) is 60.1 Å². The number of aromatic nitrogens is 2. The van der Waals surface area contributed by atoms with E-state index in [9.17, 15) is 0 Å². The zero-order valence-corrected chi connectivity index (χ0v) is 18.1. The SMILES string of the molecule is CCc1nsc(N2CCN(C(=NC)NCc3ccccc3OCC3CC3)CC2)n1. The van der Waals surface area contributed by atoms with Crippen molar-refractivity contribution >= 4 is 22.6 Å². The van der Waals surface area contributed by atoms with Crippen LogP contribution in [0, 0.1) is 5.92 Å². The van der Waals surface area contributed by atoms with E-state index in [4.69, 9.17) is 4.74 Å². The smallest absolute Gasteiger partial charge is 0.205 e. The fraction of sp³-hybridized carbons (Fsp3) is 0.571. The lowest BCUT2D eigenvalue weighted by atomic mass is 10.2. The Morgan fingerprint density at radius 2 is 2.03 bits per heavy atom. The monoisotopic (exact) mass is 414 g/mol. The lowest BCUT2D eigenvalue weighted by molar-refractivity contribution is 0.296. The van der Waals surface area contributed by atoms with Crippen molar-refractivity contribution in [3.05, 3.63) is 35.7 Å². The summed E-state index contributed by atoms with van der Waals surface area (Å²) in [5, 5.41) is 4.55. The zero-order chi connectivity index (χ0) is 20.1. The summed E-state index contributed by atoms with van der Waals surface area (Å²) in [4.78, 5) is 13.8. The van der Waals surface area contributed by atoms with E-state index < -0.39 is 0 Å². The summed E-state index contributed by atoms with van der Waals surface area (Å²) >= 11 is 1.50. The summed E-state index contributed by atoms with van der Waals surface area (Å²) in [6, 6.07) is 8.29. The number of anilines is 1. The maximum atomic E-state index is 6.03. The van der Waals surface area contributed by atoms with Crippen molar-refractivity contribution < 1.29 is 4.74 Å². The second-order valence-electron chi connectivity index (χ2n) is 7.58. The number of guanidine groups is 1. The number of benzene rings is 1. The van der Waals surface area contributed by atoms with Gasteiger partial charge < -0.3 is 19.9 Å². The fourth-order valence-corrected chi connectivity index (χ4v) is 4.22. The third-order valence-corrected chi connectivity index (χ3v) is 6.23. The van der Waals surface area contributed by atoms with Crippen LogP contribution in [0.15, 0.2) is 29.3 Å². The van der Waals surface area contributed by atoms with Gasteiger partial charge in [0, 0.05) is 63.3 Å². The molecular formula is C21H30N6OS. The number of ether oxygens (including phenoxy) is 1. The molecule has 1 aromatic carbocycles. The first-order chi connectivity index (χ1) is 14.3. The number of aliphatic imine (C=N–C) groups is 1. The van der Waals surface area contributed by atoms with Crippen molar-refractivity contribution in [1.29, 1.82) is 0 Å². The highest BCUT2D eigenvalue weighted by molar-refractivity contribution is 7.09. The molecule has 4 rings (SSSR count). The Kier molecular flexibility index (Phi) is 6.49. The first-order valence-corrected chi connectivity index (χ1v) is 11.3. The molecule has 0 radical (unpaired) electrons. The van der Waals surface area contributed by atoms with Crippen LogP contribution in [0.4, 0.5) is 5.13 Å². The molecular weight excluding hydrogens is 384 g/mol. The molecule has 1 saturated carbocycles. The van der Waals surface area contributed by atoms with Crippen LogP contribution in [0.25, 0.3) is 0 Å². The number of rotatable bonds is 7. The average Bonchev–Trinajstić information content (AvgIpc) is 3.48. The van der Waals surface area contributed by atoms with Crippen LogP contribution in [0.1, 0.15) is 31.2 Å². The van der Waals surface area contributed by atoms with E-state index in [0.717, 1.165) is 67.8 Å². The molecule has 0 unspecified atom stereocenters. The van der Waals surface area contributed by atoms with Gasteiger partial charge in [0.15, 0.2) is 5.96 Å². The topological polar surface area (TPSA) is 65.9 Å².